The lowest BCUT2D eigenvalue weighted by molar-refractivity contribution is -0.153. The van der Waals surface area contributed by atoms with Crippen LogP contribution >= 0.6 is 0 Å². The highest BCUT2D eigenvalue weighted by Gasteiger charge is 2.30. The van der Waals surface area contributed by atoms with Gasteiger partial charge in [-0.3, -0.25) is 9.59 Å². The Morgan fingerprint density at radius 2 is 1.42 bits per heavy atom. The van der Waals surface area contributed by atoms with E-state index in [9.17, 15) is 14.7 Å². The van der Waals surface area contributed by atoms with Gasteiger partial charge >= 0.3 is 5.97 Å². The third kappa shape index (κ3) is 6.62. The maximum absolute atomic E-state index is 13.1. The van der Waals surface area contributed by atoms with Crippen molar-refractivity contribution >= 4 is 11.8 Å². The zero-order valence-corrected chi connectivity index (χ0v) is 22.9. The van der Waals surface area contributed by atoms with Crippen LogP contribution in [0.15, 0.2) is 48.7 Å². The van der Waals surface area contributed by atoms with E-state index in [4.69, 9.17) is 18.9 Å². The van der Waals surface area contributed by atoms with Gasteiger partial charge in [-0.15, -0.1) is 0 Å². The quantitative estimate of drug-likeness (QED) is 0.264. The summed E-state index contributed by atoms with van der Waals surface area (Å²) in [6, 6.07) is 13.3. The summed E-state index contributed by atoms with van der Waals surface area (Å²) in [7, 11) is 4.61. The minimum Gasteiger partial charge on any atom is -0.503 e. The molecule has 0 bridgehead atoms. The number of Topliss-reactive ketones (excluding diaryl/α,β-unsaturated/α-hetero) is 1. The summed E-state index contributed by atoms with van der Waals surface area (Å²) < 4.78 is 22.0. The molecule has 3 aromatic rings. The van der Waals surface area contributed by atoms with Crippen LogP contribution in [-0.4, -0.2) is 49.3 Å². The van der Waals surface area contributed by atoms with Crippen LogP contribution in [0.25, 0.3) is 0 Å². The van der Waals surface area contributed by atoms with Gasteiger partial charge in [-0.25, -0.2) is 4.98 Å². The van der Waals surface area contributed by atoms with Gasteiger partial charge in [0.2, 0.25) is 0 Å². The molecule has 0 aliphatic rings. The number of benzene rings is 2. The monoisotopic (exact) mass is 521 g/mol. The molecule has 0 saturated heterocycles. The minimum absolute atomic E-state index is 0.136. The Hall–Kier alpha value is -4.07. The first kappa shape index (κ1) is 28.5. The van der Waals surface area contributed by atoms with Gasteiger partial charge in [0.05, 0.1) is 27.2 Å². The van der Waals surface area contributed by atoms with E-state index in [2.05, 4.69) is 4.98 Å². The lowest BCUT2D eigenvalue weighted by atomic mass is 9.85. The van der Waals surface area contributed by atoms with Crippen molar-refractivity contribution in [3.8, 4) is 23.0 Å². The Labute approximate surface area is 223 Å². The minimum atomic E-state index is -0.767. The lowest BCUT2D eigenvalue weighted by Crippen LogP contribution is -2.28. The van der Waals surface area contributed by atoms with Crippen molar-refractivity contribution in [3.05, 3.63) is 76.6 Å². The molecule has 0 radical (unpaired) electrons. The Balaban J connectivity index is 1.88. The molecule has 0 saturated carbocycles. The fraction of sp³-hybridized carbons (Fsp3) is 0.367. The predicted molar refractivity (Wildman–Crippen MR) is 143 cm³/mol. The van der Waals surface area contributed by atoms with Crippen molar-refractivity contribution < 1.29 is 33.6 Å². The molecule has 0 aliphatic heterocycles. The van der Waals surface area contributed by atoms with Gasteiger partial charge in [-0.1, -0.05) is 19.1 Å². The van der Waals surface area contributed by atoms with Crippen molar-refractivity contribution in [3.63, 3.8) is 0 Å². The van der Waals surface area contributed by atoms with Gasteiger partial charge in [-0.2, -0.15) is 0 Å². The van der Waals surface area contributed by atoms with Gasteiger partial charge in [0.25, 0.3) is 0 Å². The Bertz CT molecular complexity index is 1250. The second-order valence-corrected chi connectivity index (χ2v) is 9.43. The largest absolute Gasteiger partial charge is 0.503 e. The van der Waals surface area contributed by atoms with E-state index in [1.165, 1.54) is 19.4 Å². The first-order valence-corrected chi connectivity index (χ1v) is 12.3. The second-order valence-electron chi connectivity index (χ2n) is 9.43. The molecule has 0 aliphatic carbocycles. The van der Waals surface area contributed by atoms with Crippen molar-refractivity contribution in [2.75, 3.05) is 21.3 Å². The summed E-state index contributed by atoms with van der Waals surface area (Å²) >= 11 is 0. The van der Waals surface area contributed by atoms with Crippen LogP contribution < -0.4 is 14.2 Å². The summed E-state index contributed by atoms with van der Waals surface area (Å²) in [6.07, 6.45) is 0.607. The number of methoxy groups -OCH3 is 3. The predicted octanol–water partition coefficient (Wildman–Crippen LogP) is 5.40. The lowest BCUT2D eigenvalue weighted by Gasteiger charge is -2.27. The van der Waals surface area contributed by atoms with Crippen LogP contribution in [0, 0.1) is 19.8 Å². The number of carbonyl (C=O) groups is 2. The molecule has 0 spiro atoms. The fourth-order valence-electron chi connectivity index (χ4n) is 4.51. The number of hydrogen-bond donors (Lipinski definition) is 1. The number of pyridine rings is 1. The number of hydrogen-bond acceptors (Lipinski definition) is 8. The number of esters is 1. The number of aromatic hydroxyl groups is 1. The van der Waals surface area contributed by atoms with E-state index in [0.29, 0.717) is 11.5 Å². The average molecular weight is 522 g/mol. The molecule has 0 unspecified atom stereocenters. The average Bonchev–Trinajstić information content (AvgIpc) is 2.88. The molecule has 202 valence electrons. The number of ether oxygens (including phenoxy) is 4. The van der Waals surface area contributed by atoms with Crippen molar-refractivity contribution in [1.29, 1.82) is 0 Å². The van der Waals surface area contributed by atoms with Crippen LogP contribution in [-0.2, 0) is 9.53 Å². The van der Waals surface area contributed by atoms with E-state index < -0.39 is 23.8 Å². The zero-order chi connectivity index (χ0) is 28.0. The maximum Gasteiger partial charge on any atom is 0.309 e. The normalized spacial score (nSPS) is 12.5. The molecular formula is C30H35NO7. The number of ketones is 1. The molecular weight excluding hydrogens is 486 g/mol. The van der Waals surface area contributed by atoms with E-state index in [0.717, 1.165) is 22.3 Å². The van der Waals surface area contributed by atoms with Gasteiger partial charge in [0.15, 0.2) is 23.0 Å². The first-order valence-electron chi connectivity index (χ1n) is 12.3. The molecule has 1 heterocycles. The summed E-state index contributed by atoms with van der Waals surface area (Å²) in [5.74, 6) is -0.918. The molecule has 1 aromatic heterocycles. The van der Waals surface area contributed by atoms with Crippen LogP contribution in [0.4, 0.5) is 0 Å². The van der Waals surface area contributed by atoms with Gasteiger partial charge in [0, 0.05) is 24.6 Å². The molecule has 8 nitrogen and oxygen atoms in total. The van der Waals surface area contributed by atoms with Crippen molar-refractivity contribution in [1.82, 2.24) is 4.98 Å². The molecule has 8 heteroatoms. The summed E-state index contributed by atoms with van der Waals surface area (Å²) in [5.41, 5.74) is 3.71. The standard InChI is InChI=1S/C30H35NO7/c1-17-10-21(15-23(12-17)35-5)27(22-11-18(2)13-24(16-22)36-6)20(4)38-30(34)19(3)14-25(32)28-29(33)26(37-7)8-9-31-28/h8-13,15-16,19-20,27,33H,14H2,1-7H3/t19-,20+/m1/s1. The van der Waals surface area contributed by atoms with E-state index in [-0.39, 0.29) is 29.5 Å². The molecule has 38 heavy (non-hydrogen) atoms. The first-order chi connectivity index (χ1) is 18.1. The van der Waals surface area contributed by atoms with Crippen LogP contribution in [0.5, 0.6) is 23.0 Å². The molecule has 2 atom stereocenters. The van der Waals surface area contributed by atoms with Gasteiger partial charge in [0.1, 0.15) is 17.6 Å². The molecule has 1 N–H and O–H groups in total. The van der Waals surface area contributed by atoms with Crippen molar-refractivity contribution in [2.45, 2.75) is 46.1 Å². The summed E-state index contributed by atoms with van der Waals surface area (Å²) in [4.78, 5) is 29.9. The topological polar surface area (TPSA) is 104 Å². The fourth-order valence-corrected chi connectivity index (χ4v) is 4.51. The molecule has 0 amide bonds. The van der Waals surface area contributed by atoms with Crippen LogP contribution in [0.2, 0.25) is 0 Å². The highest BCUT2D eigenvalue weighted by atomic mass is 16.5. The van der Waals surface area contributed by atoms with Crippen molar-refractivity contribution in [2.24, 2.45) is 5.92 Å². The number of rotatable bonds is 11. The second kappa shape index (κ2) is 12.4. The van der Waals surface area contributed by atoms with Gasteiger partial charge in [-0.05, 0) is 67.3 Å². The highest BCUT2D eigenvalue weighted by molar-refractivity contribution is 5.99. The zero-order valence-electron chi connectivity index (χ0n) is 22.9. The number of aromatic nitrogens is 1. The third-order valence-electron chi connectivity index (χ3n) is 6.37. The Kier molecular flexibility index (Phi) is 9.34. The molecule has 3 rings (SSSR count). The number of nitrogens with zero attached hydrogens (tertiary/aromatic N) is 1. The van der Waals surface area contributed by atoms with E-state index in [1.807, 2.05) is 57.2 Å². The Morgan fingerprint density at radius 3 is 1.92 bits per heavy atom. The third-order valence-corrected chi connectivity index (χ3v) is 6.37. The Morgan fingerprint density at radius 1 is 0.868 bits per heavy atom. The van der Waals surface area contributed by atoms with E-state index in [1.54, 1.807) is 21.1 Å². The summed E-state index contributed by atoms with van der Waals surface area (Å²) in [6.45, 7) is 7.40. The molecule has 2 aromatic carbocycles. The molecule has 0 fully saturated rings. The van der Waals surface area contributed by atoms with Gasteiger partial charge < -0.3 is 24.1 Å². The van der Waals surface area contributed by atoms with Crippen LogP contribution in [0.1, 0.15) is 58.9 Å². The van der Waals surface area contributed by atoms with E-state index >= 15 is 0 Å². The number of carbonyl (C=O) groups excluding carboxylic acids is 2. The maximum atomic E-state index is 13.1. The SMILES string of the molecule is COc1cc(C)cc(C(c2cc(C)cc(OC)c2)[C@H](C)OC(=O)[C@H](C)CC(=O)c2nccc(OC)c2O)c1. The van der Waals surface area contributed by atoms with Crippen LogP contribution in [0.3, 0.4) is 0 Å². The summed E-state index contributed by atoms with van der Waals surface area (Å²) in [5, 5.41) is 10.3. The number of aryl methyl sites for hydroxylation is 2. The smallest absolute Gasteiger partial charge is 0.309 e. The highest BCUT2D eigenvalue weighted by Crippen LogP contribution is 2.36.